The molecular weight excluding hydrogens is 514 g/mol. The molecule has 0 saturated heterocycles. The normalized spacial score (nSPS) is 15.2. The molecular formula is C37H21N5. The minimum Gasteiger partial charge on any atom is -0.310 e. The van der Waals surface area contributed by atoms with Crippen LogP contribution >= 0.6 is 0 Å². The lowest BCUT2D eigenvalue weighted by Crippen LogP contribution is -2.26. The smallest absolute Gasteiger partial charge is 0.0992 e. The minimum atomic E-state index is -0.494. The van der Waals surface area contributed by atoms with Gasteiger partial charge in [0.05, 0.1) is 34.4 Å². The highest BCUT2D eigenvalue weighted by molar-refractivity contribution is 5.95. The van der Waals surface area contributed by atoms with Crippen LogP contribution in [0.4, 0.5) is 17.1 Å². The van der Waals surface area contributed by atoms with E-state index in [4.69, 9.17) is 4.98 Å². The van der Waals surface area contributed by atoms with E-state index in [1.165, 1.54) is 22.3 Å². The lowest BCUT2D eigenvalue weighted by atomic mass is 9.71. The van der Waals surface area contributed by atoms with Crippen molar-refractivity contribution in [2.75, 3.05) is 4.90 Å². The Morgan fingerprint density at radius 1 is 0.548 bits per heavy atom. The van der Waals surface area contributed by atoms with Gasteiger partial charge in [0.25, 0.3) is 0 Å². The van der Waals surface area contributed by atoms with Crippen LogP contribution < -0.4 is 4.90 Å². The van der Waals surface area contributed by atoms with Gasteiger partial charge in [0.15, 0.2) is 0 Å². The van der Waals surface area contributed by atoms with E-state index in [9.17, 15) is 10.5 Å². The number of pyridine rings is 2. The van der Waals surface area contributed by atoms with Gasteiger partial charge in [0, 0.05) is 41.2 Å². The number of rotatable bonds is 3. The Balaban J connectivity index is 1.40. The van der Waals surface area contributed by atoms with Crippen LogP contribution in [0.2, 0.25) is 0 Å². The predicted octanol–water partition coefficient (Wildman–Crippen LogP) is 8.03. The van der Waals surface area contributed by atoms with E-state index in [0.717, 1.165) is 39.4 Å². The number of hydrogen-bond acceptors (Lipinski definition) is 5. The fourth-order valence-corrected chi connectivity index (χ4v) is 6.82. The molecule has 0 amide bonds. The number of hydrogen-bond donors (Lipinski definition) is 0. The van der Waals surface area contributed by atoms with Crippen molar-refractivity contribution in [3.05, 3.63) is 161 Å². The summed E-state index contributed by atoms with van der Waals surface area (Å²) >= 11 is 0. The van der Waals surface area contributed by atoms with Crippen LogP contribution in [0.15, 0.2) is 128 Å². The van der Waals surface area contributed by atoms with Gasteiger partial charge in [0.1, 0.15) is 0 Å². The van der Waals surface area contributed by atoms with Crippen LogP contribution in [0.25, 0.3) is 22.4 Å². The Labute approximate surface area is 243 Å². The molecule has 2 heterocycles. The first-order chi connectivity index (χ1) is 20.7. The van der Waals surface area contributed by atoms with Gasteiger partial charge < -0.3 is 4.90 Å². The summed E-state index contributed by atoms with van der Waals surface area (Å²) in [4.78, 5) is 11.4. The van der Waals surface area contributed by atoms with Gasteiger partial charge in [-0.1, -0.05) is 42.5 Å². The molecule has 2 aliphatic rings. The predicted molar refractivity (Wildman–Crippen MR) is 162 cm³/mol. The second-order valence-corrected chi connectivity index (χ2v) is 10.5. The summed E-state index contributed by atoms with van der Waals surface area (Å²) in [6.45, 7) is 0. The van der Waals surface area contributed by atoms with Crippen LogP contribution in [0, 0.1) is 22.7 Å². The lowest BCUT2D eigenvalue weighted by molar-refractivity contribution is 0.790. The molecule has 4 aromatic carbocycles. The largest absolute Gasteiger partial charge is 0.310 e. The molecule has 0 radical (unpaired) electrons. The van der Waals surface area contributed by atoms with Crippen LogP contribution in [-0.4, -0.2) is 9.97 Å². The molecule has 1 atom stereocenters. The summed E-state index contributed by atoms with van der Waals surface area (Å²) in [6, 6.07) is 41.2. The van der Waals surface area contributed by atoms with Gasteiger partial charge >= 0.3 is 0 Å². The number of fused-ring (bicyclic) bond motifs is 10. The van der Waals surface area contributed by atoms with Crippen molar-refractivity contribution in [3.8, 4) is 34.5 Å². The van der Waals surface area contributed by atoms with E-state index in [2.05, 4.69) is 76.6 Å². The van der Waals surface area contributed by atoms with Crippen molar-refractivity contribution in [1.29, 1.82) is 10.5 Å². The number of aromatic nitrogens is 2. The van der Waals surface area contributed by atoms with Gasteiger partial charge in [-0.25, -0.2) is 0 Å². The van der Waals surface area contributed by atoms with Crippen LogP contribution in [-0.2, 0) is 5.41 Å². The highest BCUT2D eigenvalue weighted by Crippen LogP contribution is 2.62. The third kappa shape index (κ3) is 3.17. The highest BCUT2D eigenvalue weighted by Gasteiger charge is 2.52. The maximum absolute atomic E-state index is 9.65. The highest BCUT2D eigenvalue weighted by atomic mass is 15.1. The van der Waals surface area contributed by atoms with Crippen LogP contribution in [0.5, 0.6) is 0 Å². The number of benzene rings is 4. The van der Waals surface area contributed by atoms with Gasteiger partial charge in [-0.3, -0.25) is 9.97 Å². The fourth-order valence-electron chi connectivity index (χ4n) is 6.82. The molecule has 42 heavy (non-hydrogen) atoms. The molecule has 0 fully saturated rings. The fraction of sp³-hybridized carbons (Fsp3) is 0.0270. The minimum absolute atomic E-state index is 0.494. The Hall–Kier alpha value is -6.04. The van der Waals surface area contributed by atoms with E-state index >= 15 is 0 Å². The summed E-state index contributed by atoms with van der Waals surface area (Å²) in [6.07, 6.45) is 5.65. The first kappa shape index (κ1) is 23.8. The van der Waals surface area contributed by atoms with Crippen LogP contribution in [0.1, 0.15) is 33.4 Å². The van der Waals surface area contributed by atoms with E-state index < -0.39 is 5.41 Å². The summed E-state index contributed by atoms with van der Waals surface area (Å²) in [5.74, 6) is 0. The summed E-state index contributed by atoms with van der Waals surface area (Å²) in [7, 11) is 0. The number of nitrogens with zero attached hydrogens (tertiary/aromatic N) is 5. The second kappa shape index (κ2) is 8.99. The molecule has 0 N–H and O–H groups in total. The molecule has 2 aromatic heterocycles. The molecule has 194 valence electrons. The first-order valence-corrected chi connectivity index (χ1v) is 13.7. The Morgan fingerprint density at radius 2 is 1.29 bits per heavy atom. The van der Waals surface area contributed by atoms with E-state index in [0.29, 0.717) is 11.1 Å². The van der Waals surface area contributed by atoms with Crippen molar-refractivity contribution in [3.63, 3.8) is 0 Å². The molecule has 5 nitrogen and oxygen atoms in total. The van der Waals surface area contributed by atoms with Gasteiger partial charge in [-0.15, -0.1) is 0 Å². The monoisotopic (exact) mass is 535 g/mol. The summed E-state index contributed by atoms with van der Waals surface area (Å²) in [5.41, 5.74) is 12.6. The Morgan fingerprint density at radius 3 is 2.14 bits per heavy atom. The molecule has 1 unspecified atom stereocenters. The number of nitriles is 2. The second-order valence-electron chi connectivity index (χ2n) is 10.5. The molecule has 6 aromatic rings. The van der Waals surface area contributed by atoms with Crippen molar-refractivity contribution in [2.45, 2.75) is 5.41 Å². The van der Waals surface area contributed by atoms with Gasteiger partial charge in [-0.2, -0.15) is 10.5 Å². The molecule has 1 spiro atoms. The van der Waals surface area contributed by atoms with Crippen molar-refractivity contribution in [1.82, 2.24) is 9.97 Å². The lowest BCUT2D eigenvalue weighted by Gasteiger charge is -2.30. The van der Waals surface area contributed by atoms with Crippen molar-refractivity contribution >= 4 is 17.1 Å². The number of anilines is 3. The molecule has 2 aliphatic carbocycles. The molecule has 0 aliphatic heterocycles. The average Bonchev–Trinajstić information content (AvgIpc) is 3.52. The molecule has 8 rings (SSSR count). The Bertz CT molecular complexity index is 2090. The van der Waals surface area contributed by atoms with E-state index in [1.54, 1.807) is 6.07 Å². The third-order valence-electron chi connectivity index (χ3n) is 8.47. The average molecular weight is 536 g/mol. The Kier molecular flexibility index (Phi) is 5.10. The summed E-state index contributed by atoms with van der Waals surface area (Å²) in [5, 5.41) is 19.1. The first-order valence-electron chi connectivity index (χ1n) is 13.7. The van der Waals surface area contributed by atoms with Crippen LogP contribution in [0.3, 0.4) is 0 Å². The topological polar surface area (TPSA) is 76.6 Å². The zero-order chi connectivity index (χ0) is 28.3. The third-order valence-corrected chi connectivity index (χ3v) is 8.47. The van der Waals surface area contributed by atoms with Crippen molar-refractivity contribution < 1.29 is 0 Å². The van der Waals surface area contributed by atoms with Gasteiger partial charge in [0.2, 0.25) is 0 Å². The standard InChI is InChI=1S/C37H21N5/c38-21-24-10-12-26(13-11-24)42(27-6-3-5-25(19-27)22-39)28-14-15-33-30(20-28)29-7-1-2-8-32(29)37(33)34-16-18-40-23-31(34)36-35(37)9-4-17-41-36/h1-20,23H. The zero-order valence-corrected chi connectivity index (χ0v) is 22.4. The summed E-state index contributed by atoms with van der Waals surface area (Å²) < 4.78 is 0. The zero-order valence-electron chi connectivity index (χ0n) is 22.4. The molecule has 5 heteroatoms. The maximum Gasteiger partial charge on any atom is 0.0992 e. The van der Waals surface area contributed by atoms with E-state index in [-0.39, 0.29) is 0 Å². The maximum atomic E-state index is 9.65. The van der Waals surface area contributed by atoms with E-state index in [1.807, 2.05) is 67.1 Å². The van der Waals surface area contributed by atoms with Crippen molar-refractivity contribution in [2.24, 2.45) is 0 Å². The molecule has 0 bridgehead atoms. The molecule has 0 saturated carbocycles. The van der Waals surface area contributed by atoms with Gasteiger partial charge in [-0.05, 0) is 100 Å². The SMILES string of the molecule is N#Cc1ccc(N(c2cccc(C#N)c2)c2ccc3c(c2)-c2ccccc2C32c3ccncc3-c3ncccc32)cc1. The quantitative estimate of drug-likeness (QED) is 0.229.